The van der Waals surface area contributed by atoms with Gasteiger partial charge in [0.1, 0.15) is 5.82 Å². The third-order valence-electron chi connectivity index (χ3n) is 5.56. The van der Waals surface area contributed by atoms with Crippen LogP contribution >= 0.6 is 11.6 Å². The van der Waals surface area contributed by atoms with Gasteiger partial charge in [-0.05, 0) is 24.3 Å². The summed E-state index contributed by atoms with van der Waals surface area (Å²) >= 11 is 6.11. The van der Waals surface area contributed by atoms with Gasteiger partial charge < -0.3 is 19.6 Å². The third kappa shape index (κ3) is 3.78. The predicted molar refractivity (Wildman–Crippen MR) is 121 cm³/mol. The second-order valence-corrected chi connectivity index (χ2v) is 8.02. The number of aromatic nitrogens is 4. The number of nitrogens with zero attached hydrogens (tertiary/aromatic N) is 6. The molecule has 1 aliphatic heterocycles. The fraction of sp³-hybridized carbons (Fsp3) is 0.227. The van der Waals surface area contributed by atoms with Crippen molar-refractivity contribution in [3.8, 4) is 17.6 Å². The van der Waals surface area contributed by atoms with Gasteiger partial charge in [-0.15, -0.1) is 0 Å². The molecule has 2 amide bonds. The minimum atomic E-state index is -0.617. The van der Waals surface area contributed by atoms with Crippen LogP contribution in [0.2, 0.25) is 5.02 Å². The maximum Gasteiger partial charge on any atom is 0.416 e. The van der Waals surface area contributed by atoms with E-state index in [0.29, 0.717) is 42.5 Å². The molecule has 1 fully saturated rings. The molecular formula is C22H19ClN6O4. The summed E-state index contributed by atoms with van der Waals surface area (Å²) in [6.07, 6.45) is 2.27. The average Bonchev–Trinajstić information content (AvgIpc) is 3.10. The van der Waals surface area contributed by atoms with Crippen LogP contribution in [-0.2, 0) is 4.79 Å². The van der Waals surface area contributed by atoms with Gasteiger partial charge in [-0.3, -0.25) is 4.79 Å². The van der Waals surface area contributed by atoms with Gasteiger partial charge in [0.15, 0.2) is 11.0 Å². The Balaban J connectivity index is 1.55. The van der Waals surface area contributed by atoms with E-state index in [1.165, 1.54) is 28.8 Å². The number of carbonyl (C=O) groups is 2. The number of carbonyl (C=O) groups excluding carboxylic acids is 2. The topological polar surface area (TPSA) is 114 Å². The van der Waals surface area contributed by atoms with Crippen LogP contribution in [0.15, 0.2) is 42.7 Å². The lowest BCUT2D eigenvalue weighted by atomic mass is 10.2. The van der Waals surface area contributed by atoms with E-state index < -0.39 is 6.09 Å². The summed E-state index contributed by atoms with van der Waals surface area (Å²) in [4.78, 5) is 40.7. The van der Waals surface area contributed by atoms with Gasteiger partial charge in [0.25, 0.3) is 0 Å². The van der Waals surface area contributed by atoms with Crippen LogP contribution in [0, 0.1) is 0 Å². The highest BCUT2D eigenvalue weighted by Crippen LogP contribution is 2.37. The van der Waals surface area contributed by atoms with Crippen molar-refractivity contribution >= 4 is 45.5 Å². The van der Waals surface area contributed by atoms with Crippen LogP contribution in [0.1, 0.15) is 6.92 Å². The second kappa shape index (κ2) is 8.21. The fourth-order valence-electron chi connectivity index (χ4n) is 3.83. The Labute approximate surface area is 193 Å². The third-order valence-corrected chi connectivity index (χ3v) is 5.80. The highest BCUT2D eigenvalue weighted by atomic mass is 35.5. The molecular weight excluding hydrogens is 448 g/mol. The largest absolute Gasteiger partial charge is 0.493 e. The molecule has 168 valence electrons. The second-order valence-electron chi connectivity index (χ2n) is 7.59. The smallest absolute Gasteiger partial charge is 0.416 e. The van der Waals surface area contributed by atoms with Crippen molar-refractivity contribution in [2.24, 2.45) is 0 Å². The van der Waals surface area contributed by atoms with Crippen molar-refractivity contribution in [2.75, 3.05) is 26.2 Å². The predicted octanol–water partition coefficient (Wildman–Crippen LogP) is 2.99. The summed E-state index contributed by atoms with van der Waals surface area (Å²) in [7, 11) is 0. The molecule has 0 aliphatic carbocycles. The normalized spacial score (nSPS) is 14.1. The molecule has 0 saturated carbocycles. The van der Waals surface area contributed by atoms with Crippen LogP contribution in [-0.4, -0.2) is 72.6 Å². The summed E-state index contributed by atoms with van der Waals surface area (Å²) < 4.78 is 7.02. The van der Waals surface area contributed by atoms with Gasteiger partial charge in [0.05, 0.1) is 5.52 Å². The molecule has 0 atom stereocenters. The minimum absolute atomic E-state index is 0.00322. The van der Waals surface area contributed by atoms with Crippen molar-refractivity contribution in [3.63, 3.8) is 0 Å². The summed E-state index contributed by atoms with van der Waals surface area (Å²) in [6, 6.07) is 8.82. The van der Waals surface area contributed by atoms with Crippen molar-refractivity contribution in [2.45, 2.75) is 6.92 Å². The average molecular weight is 467 g/mol. The Hall–Kier alpha value is -3.92. The fourth-order valence-corrected chi connectivity index (χ4v) is 3.99. The van der Waals surface area contributed by atoms with Crippen molar-refractivity contribution in [3.05, 3.63) is 47.7 Å². The molecule has 1 N–H and O–H groups in total. The van der Waals surface area contributed by atoms with Gasteiger partial charge in [0, 0.05) is 55.9 Å². The lowest BCUT2D eigenvalue weighted by molar-refractivity contribution is -0.130. The molecule has 4 aromatic rings. The number of halogens is 1. The van der Waals surface area contributed by atoms with Crippen molar-refractivity contribution < 1.29 is 19.4 Å². The number of amides is 2. The molecule has 0 unspecified atom stereocenters. The quantitative estimate of drug-likeness (QED) is 0.483. The van der Waals surface area contributed by atoms with Crippen LogP contribution in [0.3, 0.4) is 0 Å². The SMILES string of the molecule is CC(=O)N1CCN(C(=O)Oc2c3nccnc3c(O)n2-c2ccc3ccc(Cl)cc3n2)CC1. The number of ether oxygens (including phenoxy) is 1. The number of piperazine rings is 1. The number of hydrogen-bond acceptors (Lipinski definition) is 7. The van der Waals surface area contributed by atoms with Crippen LogP contribution < -0.4 is 4.74 Å². The van der Waals surface area contributed by atoms with Crippen LogP contribution in [0.5, 0.6) is 11.8 Å². The number of rotatable bonds is 2. The maximum absolute atomic E-state index is 13.0. The molecule has 33 heavy (non-hydrogen) atoms. The molecule has 3 aromatic heterocycles. The Kier molecular flexibility index (Phi) is 5.21. The number of pyridine rings is 1. The van der Waals surface area contributed by atoms with E-state index in [-0.39, 0.29) is 28.7 Å². The van der Waals surface area contributed by atoms with Gasteiger partial charge >= 0.3 is 6.09 Å². The Morgan fingerprint density at radius 1 is 1.00 bits per heavy atom. The molecule has 11 heteroatoms. The van der Waals surface area contributed by atoms with Crippen molar-refractivity contribution in [1.82, 2.24) is 29.3 Å². The molecule has 0 radical (unpaired) electrons. The van der Waals surface area contributed by atoms with Crippen molar-refractivity contribution in [1.29, 1.82) is 0 Å². The molecule has 1 saturated heterocycles. The van der Waals surface area contributed by atoms with E-state index in [1.54, 1.807) is 23.1 Å². The highest BCUT2D eigenvalue weighted by molar-refractivity contribution is 6.31. The first kappa shape index (κ1) is 21.0. The molecule has 1 aliphatic rings. The van der Waals surface area contributed by atoms with Gasteiger partial charge in [-0.2, -0.15) is 0 Å². The van der Waals surface area contributed by atoms with E-state index >= 15 is 0 Å². The number of benzene rings is 1. The van der Waals surface area contributed by atoms with Gasteiger partial charge in [-0.25, -0.2) is 24.3 Å². The first-order valence-corrected chi connectivity index (χ1v) is 10.6. The first-order chi connectivity index (χ1) is 15.9. The van der Waals surface area contributed by atoms with E-state index in [0.717, 1.165) is 5.39 Å². The molecule has 10 nitrogen and oxygen atoms in total. The first-order valence-electron chi connectivity index (χ1n) is 10.3. The summed E-state index contributed by atoms with van der Waals surface area (Å²) in [5.74, 6) is 0.0245. The van der Waals surface area contributed by atoms with E-state index in [9.17, 15) is 14.7 Å². The number of fused-ring (bicyclic) bond motifs is 2. The van der Waals surface area contributed by atoms with Crippen LogP contribution in [0.25, 0.3) is 27.8 Å². The zero-order valence-corrected chi connectivity index (χ0v) is 18.4. The summed E-state index contributed by atoms with van der Waals surface area (Å²) in [6.45, 7) is 3.01. The number of hydrogen-bond donors (Lipinski definition) is 1. The van der Waals surface area contributed by atoms with E-state index in [2.05, 4.69) is 15.0 Å². The molecule has 4 heterocycles. The molecule has 5 rings (SSSR count). The lowest BCUT2D eigenvalue weighted by Crippen LogP contribution is -2.50. The summed E-state index contributed by atoms with van der Waals surface area (Å²) in [5.41, 5.74) is 1.00. The zero-order chi connectivity index (χ0) is 23.1. The standard InChI is InChI=1S/C22H19ClN6O4/c1-13(30)27-8-10-28(11-9-27)22(32)33-21-19-18(24-6-7-25-19)20(31)29(21)17-5-3-14-2-4-15(23)12-16(14)26-17/h2-7,12,31H,8-11H2,1H3. The Morgan fingerprint density at radius 2 is 1.67 bits per heavy atom. The Bertz CT molecular complexity index is 1400. The van der Waals surface area contributed by atoms with E-state index in [1.807, 2.05) is 12.1 Å². The highest BCUT2D eigenvalue weighted by Gasteiger charge is 2.28. The number of aromatic hydroxyl groups is 1. The van der Waals surface area contributed by atoms with Gasteiger partial charge in [0.2, 0.25) is 17.7 Å². The van der Waals surface area contributed by atoms with Crippen LogP contribution in [0.4, 0.5) is 4.79 Å². The van der Waals surface area contributed by atoms with E-state index in [4.69, 9.17) is 16.3 Å². The maximum atomic E-state index is 13.0. The molecule has 1 aromatic carbocycles. The monoisotopic (exact) mass is 466 g/mol. The Morgan fingerprint density at radius 3 is 2.39 bits per heavy atom. The zero-order valence-electron chi connectivity index (χ0n) is 17.6. The lowest BCUT2D eigenvalue weighted by Gasteiger charge is -2.33. The molecule has 0 spiro atoms. The summed E-state index contributed by atoms with van der Waals surface area (Å²) in [5, 5.41) is 12.3. The molecule has 0 bridgehead atoms. The van der Waals surface area contributed by atoms with Gasteiger partial charge in [-0.1, -0.05) is 17.7 Å². The minimum Gasteiger partial charge on any atom is -0.493 e.